The molecule has 0 spiro atoms. The smallest absolute Gasteiger partial charge is 0.358 e. The Morgan fingerprint density at radius 3 is 2.24 bits per heavy atom. The minimum atomic E-state index is -0.784. The SMILES string of the molecule is COC(=O)c1cc(NC(=O)COC(=O)c2csc(-c3cccc(Cl)c3)n2)cc(C(=O)OC)c1. The summed E-state index contributed by atoms with van der Waals surface area (Å²) in [5.74, 6) is -2.89. The molecule has 11 heteroatoms. The summed E-state index contributed by atoms with van der Waals surface area (Å²) in [7, 11) is 2.36. The topological polar surface area (TPSA) is 121 Å². The van der Waals surface area contributed by atoms with Crippen molar-refractivity contribution in [3.8, 4) is 10.6 Å². The first-order chi connectivity index (χ1) is 15.8. The molecule has 0 radical (unpaired) electrons. The first-order valence-corrected chi connectivity index (χ1v) is 10.6. The summed E-state index contributed by atoms with van der Waals surface area (Å²) in [4.78, 5) is 52.4. The van der Waals surface area contributed by atoms with E-state index in [4.69, 9.17) is 16.3 Å². The maximum absolute atomic E-state index is 12.3. The maximum atomic E-state index is 12.3. The van der Waals surface area contributed by atoms with Crippen LogP contribution in [0.5, 0.6) is 0 Å². The van der Waals surface area contributed by atoms with Gasteiger partial charge in [0.15, 0.2) is 12.3 Å². The number of rotatable bonds is 7. The molecule has 33 heavy (non-hydrogen) atoms. The molecule has 170 valence electrons. The fraction of sp³-hybridized carbons (Fsp3) is 0.136. The zero-order valence-electron chi connectivity index (χ0n) is 17.4. The number of carbonyl (C=O) groups excluding carboxylic acids is 4. The number of benzene rings is 2. The van der Waals surface area contributed by atoms with Crippen molar-refractivity contribution in [3.05, 3.63) is 69.7 Å². The number of nitrogens with one attached hydrogen (secondary N) is 1. The minimum absolute atomic E-state index is 0.0312. The number of esters is 3. The standard InChI is InChI=1S/C22H17ClN2O7S/c1-30-20(27)13-6-14(21(28)31-2)9-16(8-13)24-18(26)10-32-22(29)17-11-33-19(25-17)12-4-3-5-15(23)7-12/h3-9,11H,10H2,1-2H3,(H,24,26). The average Bonchev–Trinajstić information content (AvgIpc) is 3.31. The van der Waals surface area contributed by atoms with E-state index in [9.17, 15) is 19.2 Å². The number of ether oxygens (including phenoxy) is 3. The molecule has 0 atom stereocenters. The van der Waals surface area contributed by atoms with Crippen LogP contribution in [0.25, 0.3) is 10.6 Å². The lowest BCUT2D eigenvalue weighted by Crippen LogP contribution is -2.21. The van der Waals surface area contributed by atoms with Crippen LogP contribution in [0.1, 0.15) is 31.2 Å². The number of anilines is 1. The van der Waals surface area contributed by atoms with Gasteiger partial charge in [0.05, 0.1) is 25.3 Å². The van der Waals surface area contributed by atoms with E-state index in [2.05, 4.69) is 19.8 Å². The Hall–Kier alpha value is -3.76. The molecule has 1 aromatic heterocycles. The Morgan fingerprint density at radius 1 is 0.970 bits per heavy atom. The van der Waals surface area contributed by atoms with Crippen LogP contribution in [0.2, 0.25) is 5.02 Å². The summed E-state index contributed by atoms with van der Waals surface area (Å²) in [6.07, 6.45) is 0. The minimum Gasteiger partial charge on any atom is -0.465 e. The van der Waals surface area contributed by atoms with E-state index in [0.29, 0.717) is 10.0 Å². The highest BCUT2D eigenvalue weighted by Gasteiger charge is 2.17. The number of carbonyl (C=O) groups is 4. The van der Waals surface area contributed by atoms with Gasteiger partial charge in [-0.2, -0.15) is 0 Å². The molecule has 0 aliphatic carbocycles. The zero-order chi connectivity index (χ0) is 24.0. The molecule has 0 bridgehead atoms. The number of halogens is 1. The van der Waals surface area contributed by atoms with Gasteiger partial charge in [-0.25, -0.2) is 19.4 Å². The van der Waals surface area contributed by atoms with Crippen molar-refractivity contribution < 1.29 is 33.4 Å². The highest BCUT2D eigenvalue weighted by Crippen LogP contribution is 2.26. The third kappa shape index (κ3) is 6.15. The van der Waals surface area contributed by atoms with Crippen molar-refractivity contribution in [2.24, 2.45) is 0 Å². The predicted molar refractivity (Wildman–Crippen MR) is 121 cm³/mol. The Labute approximate surface area is 197 Å². The van der Waals surface area contributed by atoms with E-state index in [1.807, 2.05) is 0 Å². The van der Waals surface area contributed by atoms with Gasteiger partial charge in [0, 0.05) is 21.7 Å². The van der Waals surface area contributed by atoms with Crippen LogP contribution >= 0.6 is 22.9 Å². The predicted octanol–water partition coefficient (Wildman–Crippen LogP) is 3.83. The van der Waals surface area contributed by atoms with E-state index in [1.165, 1.54) is 49.1 Å². The normalized spacial score (nSPS) is 10.3. The lowest BCUT2D eigenvalue weighted by atomic mass is 10.1. The Bertz CT molecular complexity index is 1190. The number of nitrogens with zero attached hydrogens (tertiary/aromatic N) is 1. The molecule has 3 aromatic rings. The number of hydrogen-bond acceptors (Lipinski definition) is 9. The number of amides is 1. The van der Waals surface area contributed by atoms with E-state index in [0.717, 1.165) is 5.56 Å². The monoisotopic (exact) mass is 488 g/mol. The van der Waals surface area contributed by atoms with Gasteiger partial charge < -0.3 is 19.5 Å². The van der Waals surface area contributed by atoms with Crippen molar-refractivity contribution >= 4 is 52.4 Å². The van der Waals surface area contributed by atoms with E-state index in [1.54, 1.807) is 24.3 Å². The van der Waals surface area contributed by atoms with Crippen molar-refractivity contribution in [2.75, 3.05) is 26.1 Å². The van der Waals surface area contributed by atoms with Crippen molar-refractivity contribution in [2.45, 2.75) is 0 Å². The van der Waals surface area contributed by atoms with Crippen molar-refractivity contribution in [1.82, 2.24) is 4.98 Å². The zero-order valence-corrected chi connectivity index (χ0v) is 19.0. The second-order valence-corrected chi connectivity index (χ2v) is 7.75. The number of methoxy groups -OCH3 is 2. The number of hydrogen-bond donors (Lipinski definition) is 1. The molecule has 1 N–H and O–H groups in total. The van der Waals surface area contributed by atoms with Crippen LogP contribution in [0.3, 0.4) is 0 Å². The first-order valence-electron chi connectivity index (χ1n) is 9.31. The molecule has 0 saturated heterocycles. The quantitative estimate of drug-likeness (QED) is 0.393. The Balaban J connectivity index is 1.65. The summed E-state index contributed by atoms with van der Waals surface area (Å²) in [5, 5.41) is 5.08. The summed E-state index contributed by atoms with van der Waals surface area (Å²) in [6.45, 7) is -0.612. The van der Waals surface area contributed by atoms with Crippen LogP contribution in [0.15, 0.2) is 47.8 Å². The fourth-order valence-electron chi connectivity index (χ4n) is 2.69. The molecule has 1 heterocycles. The molecular weight excluding hydrogens is 472 g/mol. The molecular formula is C22H17ClN2O7S. The summed E-state index contributed by atoms with van der Waals surface area (Å²) < 4.78 is 14.3. The van der Waals surface area contributed by atoms with Gasteiger partial charge in [-0.15, -0.1) is 11.3 Å². The van der Waals surface area contributed by atoms with Gasteiger partial charge in [0.1, 0.15) is 5.01 Å². The number of aromatic nitrogens is 1. The highest BCUT2D eigenvalue weighted by atomic mass is 35.5. The molecule has 0 aliphatic heterocycles. The van der Waals surface area contributed by atoms with Gasteiger partial charge in [0.25, 0.3) is 5.91 Å². The van der Waals surface area contributed by atoms with Crippen LogP contribution in [0, 0.1) is 0 Å². The Kier molecular flexibility index (Phi) is 7.75. The number of thiazole rings is 1. The molecule has 1 amide bonds. The molecule has 3 rings (SSSR count). The van der Waals surface area contributed by atoms with E-state index >= 15 is 0 Å². The fourth-order valence-corrected chi connectivity index (χ4v) is 3.67. The Morgan fingerprint density at radius 2 is 1.64 bits per heavy atom. The molecule has 9 nitrogen and oxygen atoms in total. The lowest BCUT2D eigenvalue weighted by molar-refractivity contribution is -0.119. The molecule has 0 saturated carbocycles. The molecule has 0 aliphatic rings. The average molecular weight is 489 g/mol. The highest BCUT2D eigenvalue weighted by molar-refractivity contribution is 7.13. The lowest BCUT2D eigenvalue weighted by Gasteiger charge is -2.09. The van der Waals surface area contributed by atoms with E-state index < -0.39 is 30.4 Å². The third-order valence-corrected chi connectivity index (χ3v) is 5.30. The summed E-state index contributed by atoms with van der Waals surface area (Å²) in [5.41, 5.74) is 0.975. The van der Waals surface area contributed by atoms with Gasteiger partial charge in [-0.05, 0) is 30.3 Å². The van der Waals surface area contributed by atoms with E-state index in [-0.39, 0.29) is 22.5 Å². The van der Waals surface area contributed by atoms with Crippen LogP contribution in [-0.2, 0) is 19.0 Å². The van der Waals surface area contributed by atoms with Gasteiger partial charge in [-0.1, -0.05) is 23.7 Å². The second kappa shape index (κ2) is 10.7. The van der Waals surface area contributed by atoms with Crippen LogP contribution < -0.4 is 5.32 Å². The van der Waals surface area contributed by atoms with Gasteiger partial charge >= 0.3 is 17.9 Å². The molecule has 0 fully saturated rings. The van der Waals surface area contributed by atoms with Crippen molar-refractivity contribution in [3.63, 3.8) is 0 Å². The second-order valence-electron chi connectivity index (χ2n) is 6.45. The maximum Gasteiger partial charge on any atom is 0.358 e. The van der Waals surface area contributed by atoms with Gasteiger partial charge in [0.2, 0.25) is 0 Å². The van der Waals surface area contributed by atoms with Gasteiger partial charge in [-0.3, -0.25) is 4.79 Å². The summed E-state index contributed by atoms with van der Waals surface area (Å²) >= 11 is 7.21. The molecule has 2 aromatic carbocycles. The molecule has 0 unspecified atom stereocenters. The summed E-state index contributed by atoms with van der Waals surface area (Å²) in [6, 6.07) is 10.9. The first kappa shape index (κ1) is 23.9. The van der Waals surface area contributed by atoms with Crippen LogP contribution in [0.4, 0.5) is 5.69 Å². The van der Waals surface area contributed by atoms with Crippen LogP contribution in [-0.4, -0.2) is 49.6 Å². The third-order valence-electron chi connectivity index (χ3n) is 4.18. The largest absolute Gasteiger partial charge is 0.465 e. The van der Waals surface area contributed by atoms with Crippen molar-refractivity contribution in [1.29, 1.82) is 0 Å².